The Morgan fingerprint density at radius 3 is 2.50 bits per heavy atom. The number of aliphatic hydroxyl groups is 1. The standard InChI is InChI=1S/C34H32ClN3O6/c35-28-17-21(20-44-25-8-4-7-24(18-25)32(38-34(42)43)23-5-2-1-3-6-23)9-10-22(28)15-16-36-19-30(40)26-11-13-29(39)33-27(26)12-14-31(41)37-33/h1-14,17-18,30,32,36,38-40H,15-16,19-20H2,(H,37,41)(H,42,43)/t30-,32?/m1/s1. The number of amides is 1. The molecule has 5 rings (SSSR count). The van der Waals surface area contributed by atoms with Gasteiger partial charge in [-0.15, -0.1) is 0 Å². The van der Waals surface area contributed by atoms with E-state index in [0.29, 0.717) is 40.2 Å². The summed E-state index contributed by atoms with van der Waals surface area (Å²) < 4.78 is 6.02. The first-order valence-electron chi connectivity index (χ1n) is 14.1. The molecule has 10 heteroatoms. The molecule has 1 aromatic heterocycles. The van der Waals surface area contributed by atoms with Crippen LogP contribution < -0.4 is 20.9 Å². The maximum absolute atomic E-state index is 11.6. The molecule has 0 fully saturated rings. The highest BCUT2D eigenvalue weighted by Gasteiger charge is 2.17. The predicted octanol–water partition coefficient (Wildman–Crippen LogP) is 5.69. The number of phenolic OH excluding ortho intramolecular Hbond substituents is 1. The van der Waals surface area contributed by atoms with Crippen molar-refractivity contribution < 1.29 is 24.9 Å². The molecule has 0 aliphatic carbocycles. The van der Waals surface area contributed by atoms with Crippen molar-refractivity contribution in [1.82, 2.24) is 15.6 Å². The van der Waals surface area contributed by atoms with Crippen LogP contribution in [0.2, 0.25) is 5.02 Å². The Morgan fingerprint density at radius 2 is 1.73 bits per heavy atom. The minimum atomic E-state index is -1.11. The third-order valence-electron chi connectivity index (χ3n) is 7.29. The number of rotatable bonds is 12. The Balaban J connectivity index is 1.15. The maximum atomic E-state index is 11.6. The highest BCUT2D eigenvalue weighted by molar-refractivity contribution is 6.31. The van der Waals surface area contributed by atoms with Crippen LogP contribution in [0.3, 0.4) is 0 Å². The fourth-order valence-corrected chi connectivity index (χ4v) is 5.38. The summed E-state index contributed by atoms with van der Waals surface area (Å²) in [4.78, 5) is 25.7. The number of aromatic amines is 1. The first-order chi connectivity index (χ1) is 21.3. The van der Waals surface area contributed by atoms with E-state index in [9.17, 15) is 24.9 Å². The van der Waals surface area contributed by atoms with Gasteiger partial charge in [-0.05, 0) is 71.1 Å². The van der Waals surface area contributed by atoms with Crippen molar-refractivity contribution in [2.24, 2.45) is 0 Å². The summed E-state index contributed by atoms with van der Waals surface area (Å²) in [5, 5.41) is 37.2. The van der Waals surface area contributed by atoms with Gasteiger partial charge in [0.2, 0.25) is 5.56 Å². The van der Waals surface area contributed by atoms with E-state index in [2.05, 4.69) is 15.6 Å². The smallest absolute Gasteiger partial charge is 0.405 e. The SMILES string of the molecule is O=C(O)NC(c1ccccc1)c1cccc(OCc2ccc(CCNC[C@@H](O)c3ccc(O)c4[nH]c(=O)ccc34)c(Cl)c2)c1. The molecule has 44 heavy (non-hydrogen) atoms. The number of aromatic hydroxyl groups is 1. The quantitative estimate of drug-likeness (QED) is 0.0992. The molecule has 9 nitrogen and oxygen atoms in total. The number of pyridine rings is 1. The molecule has 0 radical (unpaired) electrons. The van der Waals surface area contributed by atoms with Crippen LogP contribution in [-0.2, 0) is 13.0 Å². The Labute approximate surface area is 258 Å². The normalized spacial score (nSPS) is 12.5. The van der Waals surface area contributed by atoms with Crippen molar-refractivity contribution in [1.29, 1.82) is 0 Å². The lowest BCUT2D eigenvalue weighted by Gasteiger charge is -2.19. The zero-order chi connectivity index (χ0) is 31.1. The zero-order valence-corrected chi connectivity index (χ0v) is 24.4. The number of carbonyl (C=O) groups is 1. The fourth-order valence-electron chi connectivity index (χ4n) is 5.08. The summed E-state index contributed by atoms with van der Waals surface area (Å²) in [6.07, 6.45) is -1.33. The van der Waals surface area contributed by atoms with Crippen molar-refractivity contribution in [3.8, 4) is 11.5 Å². The van der Waals surface area contributed by atoms with Gasteiger partial charge in [-0.2, -0.15) is 0 Å². The van der Waals surface area contributed by atoms with E-state index in [1.165, 1.54) is 12.1 Å². The van der Waals surface area contributed by atoms with Crippen molar-refractivity contribution in [3.05, 3.63) is 140 Å². The molecule has 0 spiro atoms. The molecule has 0 saturated carbocycles. The number of benzene rings is 4. The molecule has 6 N–H and O–H groups in total. The van der Waals surface area contributed by atoms with Crippen LogP contribution in [0.1, 0.15) is 40.0 Å². The van der Waals surface area contributed by atoms with Crippen LogP contribution in [0.25, 0.3) is 10.9 Å². The highest BCUT2D eigenvalue weighted by Crippen LogP contribution is 2.29. The molecule has 0 aliphatic rings. The molecule has 0 bridgehead atoms. The molecule has 1 heterocycles. The Morgan fingerprint density at radius 1 is 0.932 bits per heavy atom. The molecule has 1 unspecified atom stereocenters. The molecule has 2 atom stereocenters. The number of halogens is 1. The molecule has 4 aromatic carbocycles. The Hall–Kier alpha value is -4.83. The van der Waals surface area contributed by atoms with Crippen molar-refractivity contribution in [3.63, 3.8) is 0 Å². The summed E-state index contributed by atoms with van der Waals surface area (Å²) >= 11 is 6.58. The van der Waals surface area contributed by atoms with E-state index in [1.807, 2.05) is 72.8 Å². The molecular weight excluding hydrogens is 582 g/mol. The van der Waals surface area contributed by atoms with Crippen LogP contribution in [-0.4, -0.2) is 39.5 Å². The predicted molar refractivity (Wildman–Crippen MR) is 169 cm³/mol. The van der Waals surface area contributed by atoms with Gasteiger partial charge in [0, 0.05) is 23.0 Å². The third kappa shape index (κ3) is 7.57. The molecule has 0 saturated heterocycles. The van der Waals surface area contributed by atoms with Crippen molar-refractivity contribution in [2.75, 3.05) is 13.1 Å². The van der Waals surface area contributed by atoms with Crippen molar-refractivity contribution >= 4 is 28.6 Å². The number of ether oxygens (including phenoxy) is 1. The molecule has 1 amide bonds. The molecule has 226 valence electrons. The van der Waals surface area contributed by atoms with Crippen LogP contribution in [0.15, 0.2) is 102 Å². The van der Waals surface area contributed by atoms with E-state index in [4.69, 9.17) is 16.3 Å². The summed E-state index contributed by atoms with van der Waals surface area (Å²) in [7, 11) is 0. The van der Waals surface area contributed by atoms with Crippen molar-refractivity contribution in [2.45, 2.75) is 25.2 Å². The number of hydrogen-bond donors (Lipinski definition) is 6. The molecular formula is C34H32ClN3O6. The number of fused-ring (bicyclic) bond motifs is 1. The van der Waals surface area contributed by atoms with Gasteiger partial charge in [-0.3, -0.25) is 4.79 Å². The van der Waals surface area contributed by atoms with Gasteiger partial charge in [0.25, 0.3) is 0 Å². The second kappa shape index (κ2) is 14.1. The lowest BCUT2D eigenvalue weighted by molar-refractivity contribution is 0.176. The molecule has 5 aromatic rings. The van der Waals surface area contributed by atoms with Crippen LogP contribution in [0, 0.1) is 0 Å². The van der Waals surface area contributed by atoms with Gasteiger partial charge in [-0.1, -0.05) is 72.3 Å². The monoisotopic (exact) mass is 613 g/mol. The Kier molecular flexibility index (Phi) is 9.81. The zero-order valence-electron chi connectivity index (χ0n) is 23.7. The number of hydrogen-bond acceptors (Lipinski definition) is 6. The number of nitrogens with one attached hydrogen (secondary N) is 3. The summed E-state index contributed by atoms with van der Waals surface area (Å²) in [5.41, 5.74) is 3.97. The third-order valence-corrected chi connectivity index (χ3v) is 7.64. The number of H-pyrrole nitrogens is 1. The highest BCUT2D eigenvalue weighted by atomic mass is 35.5. The largest absolute Gasteiger partial charge is 0.506 e. The van der Waals surface area contributed by atoms with E-state index >= 15 is 0 Å². The van der Waals surface area contributed by atoms with E-state index < -0.39 is 18.2 Å². The summed E-state index contributed by atoms with van der Waals surface area (Å²) in [6, 6.07) is 27.9. The first-order valence-corrected chi connectivity index (χ1v) is 14.4. The topological polar surface area (TPSA) is 144 Å². The van der Waals surface area contributed by atoms with Crippen LogP contribution >= 0.6 is 11.6 Å². The summed E-state index contributed by atoms with van der Waals surface area (Å²) in [5.74, 6) is 0.551. The van der Waals surface area contributed by atoms with Gasteiger partial charge in [0.05, 0.1) is 17.7 Å². The second-order valence-corrected chi connectivity index (χ2v) is 10.7. The minimum absolute atomic E-state index is 0.0525. The van der Waals surface area contributed by atoms with Gasteiger partial charge in [-0.25, -0.2) is 4.79 Å². The minimum Gasteiger partial charge on any atom is -0.506 e. The van der Waals surface area contributed by atoms with E-state index in [-0.39, 0.29) is 24.5 Å². The molecule has 0 aliphatic heterocycles. The number of aromatic nitrogens is 1. The number of aliphatic hydroxyl groups excluding tert-OH is 1. The maximum Gasteiger partial charge on any atom is 0.405 e. The second-order valence-electron chi connectivity index (χ2n) is 10.3. The summed E-state index contributed by atoms with van der Waals surface area (Å²) in [6.45, 7) is 1.12. The van der Waals surface area contributed by atoms with Gasteiger partial charge >= 0.3 is 6.09 Å². The first kappa shape index (κ1) is 30.6. The average molecular weight is 614 g/mol. The van der Waals surface area contributed by atoms with Crippen LogP contribution in [0.5, 0.6) is 11.5 Å². The lowest BCUT2D eigenvalue weighted by Crippen LogP contribution is -2.27. The van der Waals surface area contributed by atoms with E-state index in [0.717, 1.165) is 22.3 Å². The average Bonchev–Trinajstić information content (AvgIpc) is 3.02. The van der Waals surface area contributed by atoms with Gasteiger partial charge in [0.1, 0.15) is 18.1 Å². The van der Waals surface area contributed by atoms with Crippen LogP contribution in [0.4, 0.5) is 4.79 Å². The van der Waals surface area contributed by atoms with Gasteiger partial charge < -0.3 is 35.7 Å². The number of carboxylic acid groups (broad SMARTS) is 1. The lowest BCUT2D eigenvalue weighted by atomic mass is 9.98. The van der Waals surface area contributed by atoms with E-state index in [1.54, 1.807) is 12.1 Å². The fraction of sp³-hybridized carbons (Fsp3) is 0.176. The number of phenols is 1. The Bertz CT molecular complexity index is 1810. The van der Waals surface area contributed by atoms with Gasteiger partial charge in [0.15, 0.2) is 0 Å².